The molecule has 0 aliphatic heterocycles. The minimum atomic E-state index is -0.0621. The van der Waals surface area contributed by atoms with Crippen LogP contribution < -0.4 is 11.1 Å². The van der Waals surface area contributed by atoms with Crippen LogP contribution in [-0.4, -0.2) is 24.9 Å². The fourth-order valence-electron chi connectivity index (χ4n) is 1.79. The summed E-state index contributed by atoms with van der Waals surface area (Å²) in [5.41, 5.74) is 8.73. The van der Waals surface area contributed by atoms with E-state index in [1.54, 1.807) is 32.3 Å². The molecule has 6 heteroatoms. The van der Waals surface area contributed by atoms with Crippen LogP contribution in [0, 0.1) is 0 Å². The number of nitrogen functional groups attached to an aromatic ring is 1. The summed E-state index contributed by atoms with van der Waals surface area (Å²) in [7, 11) is 3.44. The topological polar surface area (TPSA) is 58.4 Å². The lowest BCUT2D eigenvalue weighted by atomic mass is 10.1. The minimum absolute atomic E-state index is 0.0621. The summed E-state index contributed by atoms with van der Waals surface area (Å²) in [5.74, 6) is -0.0621. The van der Waals surface area contributed by atoms with Gasteiger partial charge in [-0.15, -0.1) is 0 Å². The maximum Gasteiger partial charge on any atom is 0.253 e. The summed E-state index contributed by atoms with van der Waals surface area (Å²) in [6, 6.07) is 11.0. The van der Waals surface area contributed by atoms with Gasteiger partial charge in [-0.1, -0.05) is 15.9 Å². The van der Waals surface area contributed by atoms with Crippen LogP contribution in [0.25, 0.3) is 0 Å². The first-order chi connectivity index (χ1) is 9.88. The average Bonchev–Trinajstić information content (AvgIpc) is 2.43. The second kappa shape index (κ2) is 6.49. The van der Waals surface area contributed by atoms with Gasteiger partial charge in [0.05, 0.1) is 17.1 Å². The Bertz CT molecular complexity index is 687. The highest BCUT2D eigenvalue weighted by Gasteiger charge is 2.11. The number of amides is 1. The number of nitrogens with two attached hydrogens (primary N) is 1. The quantitative estimate of drug-likeness (QED) is 0.741. The van der Waals surface area contributed by atoms with Gasteiger partial charge in [-0.3, -0.25) is 4.79 Å². The lowest BCUT2D eigenvalue weighted by Crippen LogP contribution is -2.21. The zero-order valence-electron chi connectivity index (χ0n) is 11.7. The summed E-state index contributed by atoms with van der Waals surface area (Å²) in [6.45, 7) is 0. The predicted octanol–water partition coefficient (Wildman–Crippen LogP) is 4.24. The fourth-order valence-corrected chi connectivity index (χ4v) is 2.94. The van der Waals surface area contributed by atoms with E-state index >= 15 is 0 Å². The molecule has 110 valence electrons. The van der Waals surface area contributed by atoms with Gasteiger partial charge in [0.25, 0.3) is 5.91 Å². The number of rotatable bonds is 3. The van der Waals surface area contributed by atoms with E-state index in [2.05, 4.69) is 37.2 Å². The van der Waals surface area contributed by atoms with Crippen molar-refractivity contribution in [2.24, 2.45) is 0 Å². The maximum absolute atomic E-state index is 12.0. The molecule has 1 amide bonds. The van der Waals surface area contributed by atoms with Crippen LogP contribution in [0.3, 0.4) is 0 Å². The summed E-state index contributed by atoms with van der Waals surface area (Å²) in [4.78, 5) is 13.5. The van der Waals surface area contributed by atoms with E-state index in [1.807, 2.05) is 18.2 Å². The van der Waals surface area contributed by atoms with E-state index in [0.717, 1.165) is 14.6 Å². The molecular formula is C15H15Br2N3O. The van der Waals surface area contributed by atoms with E-state index in [0.29, 0.717) is 16.9 Å². The highest BCUT2D eigenvalue weighted by Crippen LogP contribution is 2.31. The van der Waals surface area contributed by atoms with Crippen molar-refractivity contribution in [3.8, 4) is 0 Å². The van der Waals surface area contributed by atoms with Crippen LogP contribution in [0.4, 0.5) is 17.1 Å². The molecule has 0 aliphatic carbocycles. The smallest absolute Gasteiger partial charge is 0.253 e. The normalized spacial score (nSPS) is 10.3. The van der Waals surface area contributed by atoms with Crippen LogP contribution in [0.5, 0.6) is 0 Å². The Morgan fingerprint density at radius 1 is 1.10 bits per heavy atom. The van der Waals surface area contributed by atoms with Gasteiger partial charge in [-0.25, -0.2) is 0 Å². The highest BCUT2D eigenvalue weighted by atomic mass is 79.9. The highest BCUT2D eigenvalue weighted by molar-refractivity contribution is 9.11. The van der Waals surface area contributed by atoms with E-state index in [-0.39, 0.29) is 5.91 Å². The second-order valence-electron chi connectivity index (χ2n) is 4.75. The van der Waals surface area contributed by atoms with E-state index < -0.39 is 0 Å². The molecule has 0 radical (unpaired) electrons. The Morgan fingerprint density at radius 3 is 2.43 bits per heavy atom. The van der Waals surface area contributed by atoms with Gasteiger partial charge in [0.1, 0.15) is 0 Å². The van der Waals surface area contributed by atoms with Gasteiger partial charge >= 0.3 is 0 Å². The van der Waals surface area contributed by atoms with Crippen molar-refractivity contribution < 1.29 is 4.79 Å². The molecule has 4 nitrogen and oxygen atoms in total. The second-order valence-corrected chi connectivity index (χ2v) is 6.52. The van der Waals surface area contributed by atoms with E-state index in [1.165, 1.54) is 4.90 Å². The first-order valence-electron chi connectivity index (χ1n) is 6.21. The number of carbonyl (C=O) groups is 1. The standard InChI is InChI=1S/C15H15Br2N3O/c1-20(2)15(21)9-3-5-12(18)14(7-9)19-13-6-4-10(16)8-11(13)17/h3-8,19H,18H2,1-2H3. The molecule has 2 aromatic carbocycles. The fraction of sp³-hybridized carbons (Fsp3) is 0.133. The number of anilines is 3. The Balaban J connectivity index is 2.35. The van der Waals surface area contributed by atoms with Crippen LogP contribution in [-0.2, 0) is 0 Å². The molecule has 0 saturated carbocycles. The first kappa shape index (κ1) is 15.9. The number of hydrogen-bond acceptors (Lipinski definition) is 3. The van der Waals surface area contributed by atoms with Gasteiger partial charge in [0.15, 0.2) is 0 Å². The zero-order valence-corrected chi connectivity index (χ0v) is 14.8. The van der Waals surface area contributed by atoms with Crippen molar-refractivity contribution in [1.29, 1.82) is 0 Å². The minimum Gasteiger partial charge on any atom is -0.397 e. The van der Waals surface area contributed by atoms with Crippen molar-refractivity contribution in [1.82, 2.24) is 4.90 Å². The lowest BCUT2D eigenvalue weighted by Gasteiger charge is -2.15. The zero-order chi connectivity index (χ0) is 15.6. The van der Waals surface area contributed by atoms with Crippen LogP contribution in [0.2, 0.25) is 0 Å². The van der Waals surface area contributed by atoms with Crippen LogP contribution in [0.1, 0.15) is 10.4 Å². The largest absolute Gasteiger partial charge is 0.397 e. The molecule has 0 aromatic heterocycles. The molecule has 0 saturated heterocycles. The Kier molecular flexibility index (Phi) is 4.90. The average molecular weight is 413 g/mol. The summed E-state index contributed by atoms with van der Waals surface area (Å²) >= 11 is 6.90. The van der Waals surface area contributed by atoms with Crippen LogP contribution in [0.15, 0.2) is 45.3 Å². The van der Waals surface area contributed by atoms with Gasteiger partial charge in [0.2, 0.25) is 0 Å². The maximum atomic E-state index is 12.0. The predicted molar refractivity (Wildman–Crippen MR) is 94.0 cm³/mol. The molecule has 3 N–H and O–H groups in total. The van der Waals surface area contributed by atoms with Crippen molar-refractivity contribution in [3.05, 3.63) is 50.9 Å². The van der Waals surface area contributed by atoms with Gasteiger partial charge in [-0.2, -0.15) is 0 Å². The monoisotopic (exact) mass is 411 g/mol. The summed E-state index contributed by atoms with van der Waals surface area (Å²) < 4.78 is 1.88. The van der Waals surface area contributed by atoms with Gasteiger partial charge < -0.3 is 16.0 Å². The summed E-state index contributed by atoms with van der Waals surface area (Å²) in [6.07, 6.45) is 0. The Hall–Kier alpha value is -1.53. The molecule has 2 rings (SSSR count). The summed E-state index contributed by atoms with van der Waals surface area (Å²) in [5, 5.41) is 3.24. The number of benzene rings is 2. The third kappa shape index (κ3) is 3.77. The van der Waals surface area contributed by atoms with Crippen molar-refractivity contribution in [3.63, 3.8) is 0 Å². The van der Waals surface area contributed by atoms with E-state index in [9.17, 15) is 4.79 Å². The third-order valence-corrected chi connectivity index (χ3v) is 4.06. The van der Waals surface area contributed by atoms with E-state index in [4.69, 9.17) is 5.73 Å². The van der Waals surface area contributed by atoms with Crippen molar-refractivity contribution >= 4 is 54.8 Å². The number of hydrogen-bond donors (Lipinski definition) is 2. The molecule has 0 heterocycles. The molecule has 0 spiro atoms. The molecule has 0 bridgehead atoms. The first-order valence-corrected chi connectivity index (χ1v) is 7.80. The SMILES string of the molecule is CN(C)C(=O)c1ccc(N)c(Nc2ccc(Br)cc2Br)c1. The lowest BCUT2D eigenvalue weighted by molar-refractivity contribution is 0.0827. The molecular weight excluding hydrogens is 398 g/mol. The number of halogens is 2. The Labute approximate surface area is 140 Å². The van der Waals surface area contributed by atoms with Crippen LogP contribution >= 0.6 is 31.9 Å². The van der Waals surface area contributed by atoms with Gasteiger partial charge in [-0.05, 0) is 52.3 Å². The molecule has 0 atom stereocenters. The van der Waals surface area contributed by atoms with Crippen molar-refractivity contribution in [2.75, 3.05) is 25.1 Å². The molecule has 21 heavy (non-hydrogen) atoms. The molecule has 0 aliphatic rings. The number of nitrogens with one attached hydrogen (secondary N) is 1. The third-order valence-electron chi connectivity index (χ3n) is 2.91. The molecule has 2 aromatic rings. The van der Waals surface area contributed by atoms with Crippen molar-refractivity contribution in [2.45, 2.75) is 0 Å². The molecule has 0 unspecified atom stereocenters. The number of carbonyl (C=O) groups excluding carboxylic acids is 1. The van der Waals surface area contributed by atoms with Gasteiger partial charge in [0, 0.05) is 28.6 Å². The molecule has 0 fully saturated rings. The Morgan fingerprint density at radius 2 is 1.81 bits per heavy atom. The number of nitrogens with zero attached hydrogens (tertiary/aromatic N) is 1.